The Hall–Kier alpha value is -4.40. The van der Waals surface area contributed by atoms with Crippen molar-refractivity contribution >= 4 is 11.4 Å². The molecule has 0 spiro atoms. The van der Waals surface area contributed by atoms with Crippen LogP contribution in [0.5, 0.6) is 23.1 Å². The Kier molecular flexibility index (Phi) is 6.05. The van der Waals surface area contributed by atoms with Crippen LogP contribution in [0.3, 0.4) is 0 Å². The van der Waals surface area contributed by atoms with Gasteiger partial charge in [-0.1, -0.05) is 18.2 Å². The lowest BCUT2D eigenvalue weighted by Gasteiger charge is -2.28. The Morgan fingerprint density at radius 1 is 1.03 bits per heavy atom. The third-order valence-corrected chi connectivity index (χ3v) is 6.28. The van der Waals surface area contributed by atoms with Crippen molar-refractivity contribution in [3.05, 3.63) is 82.6 Å². The molecule has 4 aromatic rings. The van der Waals surface area contributed by atoms with Gasteiger partial charge in [0.05, 0.1) is 32.8 Å². The predicted octanol–water partition coefficient (Wildman–Crippen LogP) is 4.13. The number of methoxy groups -OCH3 is 3. The second-order valence-corrected chi connectivity index (χ2v) is 8.46. The largest absolute Gasteiger partial charge is 0.497 e. The van der Waals surface area contributed by atoms with Crippen molar-refractivity contribution in [1.82, 2.24) is 19.6 Å². The highest BCUT2D eigenvalue weighted by Crippen LogP contribution is 2.45. The number of allylic oxidation sites excluding steroid dienone is 2. The molecule has 1 aliphatic rings. The minimum Gasteiger partial charge on any atom is -0.497 e. The summed E-state index contributed by atoms with van der Waals surface area (Å²) in [7, 11) is 4.80. The SMILES string of the molecule is COc1ccc(Cc2nc3c4c(ncn3n2)OC(C)=C(C(C)=O)[C@H]4c2ccc(OC)c(OC)c2)cc1. The van der Waals surface area contributed by atoms with E-state index in [0.29, 0.717) is 52.2 Å². The van der Waals surface area contributed by atoms with E-state index in [9.17, 15) is 4.79 Å². The van der Waals surface area contributed by atoms with Gasteiger partial charge in [0.1, 0.15) is 17.8 Å². The molecule has 0 fully saturated rings. The molecule has 5 rings (SSSR count). The van der Waals surface area contributed by atoms with E-state index in [4.69, 9.17) is 23.9 Å². The normalized spacial score (nSPS) is 14.9. The molecule has 0 N–H and O–H groups in total. The summed E-state index contributed by atoms with van der Waals surface area (Å²) in [6.07, 6.45) is 2.10. The zero-order valence-electron chi connectivity index (χ0n) is 20.7. The van der Waals surface area contributed by atoms with E-state index >= 15 is 0 Å². The van der Waals surface area contributed by atoms with Gasteiger partial charge in [-0.3, -0.25) is 4.79 Å². The van der Waals surface area contributed by atoms with Gasteiger partial charge in [-0.15, -0.1) is 5.10 Å². The number of ether oxygens (including phenoxy) is 4. The van der Waals surface area contributed by atoms with Gasteiger partial charge < -0.3 is 18.9 Å². The minimum atomic E-state index is -0.472. The van der Waals surface area contributed by atoms with E-state index in [1.165, 1.54) is 6.92 Å². The summed E-state index contributed by atoms with van der Waals surface area (Å²) < 4.78 is 23.8. The molecule has 0 radical (unpaired) electrons. The van der Waals surface area contributed by atoms with Gasteiger partial charge in [-0.25, -0.2) is 14.5 Å². The number of nitrogens with zero attached hydrogens (tertiary/aromatic N) is 4. The Labute approximate surface area is 208 Å². The zero-order chi connectivity index (χ0) is 25.4. The summed E-state index contributed by atoms with van der Waals surface area (Å²) in [5, 5.41) is 4.65. The monoisotopic (exact) mass is 486 g/mol. The Bertz CT molecular complexity index is 1490. The highest BCUT2D eigenvalue weighted by Gasteiger charge is 2.36. The second kappa shape index (κ2) is 9.33. The average molecular weight is 487 g/mol. The van der Waals surface area contributed by atoms with Gasteiger partial charge in [0.2, 0.25) is 5.88 Å². The fourth-order valence-electron chi connectivity index (χ4n) is 4.60. The lowest BCUT2D eigenvalue weighted by atomic mass is 9.81. The van der Waals surface area contributed by atoms with Crippen molar-refractivity contribution in [3.8, 4) is 23.1 Å². The molecule has 9 nitrogen and oxygen atoms in total. The molecule has 2 aromatic heterocycles. The highest BCUT2D eigenvalue weighted by atomic mass is 16.5. The molecule has 1 atom stereocenters. The number of hydrogen-bond acceptors (Lipinski definition) is 8. The van der Waals surface area contributed by atoms with Gasteiger partial charge >= 0.3 is 0 Å². The first kappa shape index (κ1) is 23.3. The summed E-state index contributed by atoms with van der Waals surface area (Å²) in [5.41, 5.74) is 3.66. The molecule has 3 heterocycles. The van der Waals surface area contributed by atoms with E-state index in [1.807, 2.05) is 42.5 Å². The highest BCUT2D eigenvalue weighted by molar-refractivity contribution is 5.97. The van der Waals surface area contributed by atoms with Crippen LogP contribution in [0.2, 0.25) is 0 Å². The van der Waals surface area contributed by atoms with Crippen LogP contribution in [-0.2, 0) is 11.2 Å². The van der Waals surface area contributed by atoms with Crippen LogP contribution in [0.25, 0.3) is 5.65 Å². The molecule has 0 saturated carbocycles. The fourth-order valence-corrected chi connectivity index (χ4v) is 4.60. The molecular formula is C27H26N4O5. The van der Waals surface area contributed by atoms with E-state index in [-0.39, 0.29) is 5.78 Å². The lowest BCUT2D eigenvalue weighted by Crippen LogP contribution is -2.22. The Morgan fingerprint density at radius 2 is 1.78 bits per heavy atom. The Morgan fingerprint density at radius 3 is 2.44 bits per heavy atom. The number of carbonyl (C=O) groups excluding carboxylic acids is 1. The number of Topliss-reactive ketones (excluding diaryl/α,β-unsaturated/α-hetero) is 1. The zero-order valence-corrected chi connectivity index (χ0v) is 20.7. The predicted molar refractivity (Wildman–Crippen MR) is 132 cm³/mol. The molecule has 1 aliphatic heterocycles. The first-order valence-electron chi connectivity index (χ1n) is 11.4. The van der Waals surface area contributed by atoms with Crippen molar-refractivity contribution in [2.45, 2.75) is 26.2 Å². The number of fused-ring (bicyclic) bond motifs is 3. The number of hydrogen-bond donors (Lipinski definition) is 0. The molecule has 0 bridgehead atoms. The van der Waals surface area contributed by atoms with Crippen LogP contribution in [0.4, 0.5) is 0 Å². The average Bonchev–Trinajstić information content (AvgIpc) is 3.30. The van der Waals surface area contributed by atoms with Crippen molar-refractivity contribution in [2.24, 2.45) is 0 Å². The maximum absolute atomic E-state index is 12.8. The van der Waals surface area contributed by atoms with Crippen LogP contribution in [0.15, 0.2) is 60.1 Å². The van der Waals surface area contributed by atoms with E-state index < -0.39 is 5.92 Å². The topological polar surface area (TPSA) is 97.1 Å². The molecule has 9 heteroatoms. The van der Waals surface area contributed by atoms with Crippen molar-refractivity contribution in [2.75, 3.05) is 21.3 Å². The van der Waals surface area contributed by atoms with Crippen molar-refractivity contribution < 1.29 is 23.7 Å². The number of carbonyl (C=O) groups is 1. The minimum absolute atomic E-state index is 0.0992. The molecule has 36 heavy (non-hydrogen) atoms. The van der Waals surface area contributed by atoms with Crippen LogP contribution in [0.1, 0.15) is 42.3 Å². The van der Waals surface area contributed by atoms with Crippen LogP contribution >= 0.6 is 0 Å². The van der Waals surface area contributed by atoms with Crippen molar-refractivity contribution in [1.29, 1.82) is 0 Å². The standard InChI is InChI=1S/C27H26N4O5/c1-15(32)23-16(2)36-27-25(24(23)18-8-11-20(34-4)21(13-18)35-5)26-29-22(30-31(26)14-28-27)12-17-6-9-19(33-3)10-7-17/h6-11,13-14,24H,12H2,1-5H3/t24-/m1/s1. The molecule has 2 aromatic carbocycles. The molecular weight excluding hydrogens is 460 g/mol. The maximum Gasteiger partial charge on any atom is 0.228 e. The van der Waals surface area contributed by atoms with Crippen molar-refractivity contribution in [3.63, 3.8) is 0 Å². The van der Waals surface area contributed by atoms with Crippen LogP contribution in [0, 0.1) is 0 Å². The second-order valence-electron chi connectivity index (χ2n) is 8.46. The van der Waals surface area contributed by atoms with Gasteiger partial charge in [-0.05, 0) is 49.2 Å². The van der Waals surface area contributed by atoms with E-state index in [1.54, 1.807) is 39.1 Å². The summed E-state index contributed by atoms with van der Waals surface area (Å²) in [5.74, 6) is 2.89. The number of aromatic nitrogens is 4. The molecule has 0 unspecified atom stereocenters. The van der Waals surface area contributed by atoms with Gasteiger partial charge in [0.15, 0.2) is 28.8 Å². The molecule has 0 saturated heterocycles. The van der Waals surface area contributed by atoms with E-state index in [2.05, 4.69) is 10.1 Å². The van der Waals surface area contributed by atoms with Gasteiger partial charge in [0.25, 0.3) is 0 Å². The quantitative estimate of drug-likeness (QED) is 0.385. The first-order valence-corrected chi connectivity index (χ1v) is 11.4. The van der Waals surface area contributed by atoms with Gasteiger partial charge in [0, 0.05) is 12.0 Å². The molecule has 0 amide bonds. The number of ketones is 1. The molecule has 0 aliphatic carbocycles. The number of rotatable bonds is 7. The lowest BCUT2D eigenvalue weighted by molar-refractivity contribution is -0.114. The third-order valence-electron chi connectivity index (χ3n) is 6.28. The molecule has 184 valence electrons. The van der Waals surface area contributed by atoms with E-state index in [0.717, 1.165) is 16.9 Å². The van der Waals surface area contributed by atoms with Crippen LogP contribution < -0.4 is 18.9 Å². The summed E-state index contributed by atoms with van der Waals surface area (Å²) in [4.78, 5) is 22.2. The third kappa shape index (κ3) is 4.02. The summed E-state index contributed by atoms with van der Waals surface area (Å²) in [6, 6.07) is 13.4. The summed E-state index contributed by atoms with van der Waals surface area (Å²) >= 11 is 0. The fraction of sp³-hybridized carbons (Fsp3) is 0.259. The smallest absolute Gasteiger partial charge is 0.228 e. The Balaban J connectivity index is 1.66. The number of benzene rings is 2. The van der Waals surface area contributed by atoms with Crippen LogP contribution in [-0.4, -0.2) is 46.7 Å². The summed E-state index contributed by atoms with van der Waals surface area (Å²) in [6.45, 7) is 3.31. The maximum atomic E-state index is 12.8. The first-order chi connectivity index (χ1) is 17.4. The van der Waals surface area contributed by atoms with Gasteiger partial charge in [-0.2, -0.15) is 0 Å².